The zero-order valence-corrected chi connectivity index (χ0v) is 11.6. The number of rotatable bonds is 5. The minimum atomic E-state index is -1.06. The van der Waals surface area contributed by atoms with Crippen LogP contribution in [0.25, 0.3) is 0 Å². The van der Waals surface area contributed by atoms with E-state index in [-0.39, 0.29) is 17.3 Å². The third kappa shape index (κ3) is 3.67. The van der Waals surface area contributed by atoms with E-state index in [0.717, 1.165) is 0 Å². The van der Waals surface area contributed by atoms with Gasteiger partial charge in [-0.3, -0.25) is 4.79 Å². The molecule has 0 aliphatic rings. The number of aromatic carboxylic acids is 1. The molecule has 1 amide bonds. The van der Waals surface area contributed by atoms with E-state index in [0.29, 0.717) is 17.8 Å². The lowest BCUT2D eigenvalue weighted by Gasteiger charge is -2.17. The molecule has 104 valence electrons. The third-order valence-electron chi connectivity index (χ3n) is 2.66. The topological polar surface area (TPSA) is 91.3 Å². The van der Waals surface area contributed by atoms with Gasteiger partial charge < -0.3 is 15.7 Å². The van der Waals surface area contributed by atoms with Crippen LogP contribution >= 0.6 is 0 Å². The number of aryl methyl sites for hydroxylation is 2. The van der Waals surface area contributed by atoms with Crippen molar-refractivity contribution in [1.29, 1.82) is 0 Å². The summed E-state index contributed by atoms with van der Waals surface area (Å²) in [4.78, 5) is 27.1. The van der Waals surface area contributed by atoms with E-state index >= 15 is 0 Å². The third-order valence-corrected chi connectivity index (χ3v) is 2.66. The van der Waals surface area contributed by atoms with Crippen molar-refractivity contribution in [3.8, 4) is 0 Å². The summed E-state index contributed by atoms with van der Waals surface area (Å²) in [6.45, 7) is 7.50. The highest BCUT2D eigenvalue weighted by atomic mass is 16.4. The van der Waals surface area contributed by atoms with E-state index < -0.39 is 12.0 Å². The Morgan fingerprint density at radius 2 is 2.05 bits per heavy atom. The van der Waals surface area contributed by atoms with Crippen molar-refractivity contribution in [2.24, 2.45) is 0 Å². The van der Waals surface area contributed by atoms with Gasteiger partial charge in [0.25, 0.3) is 0 Å². The predicted octanol–water partition coefficient (Wildman–Crippen LogP) is 1.33. The molecule has 0 aliphatic carbocycles. The normalized spacial score (nSPS) is 11.8. The van der Waals surface area contributed by atoms with Crippen molar-refractivity contribution in [1.82, 2.24) is 10.3 Å². The highest BCUT2D eigenvalue weighted by Gasteiger charge is 2.19. The molecule has 0 fully saturated rings. The van der Waals surface area contributed by atoms with Crippen molar-refractivity contribution in [3.63, 3.8) is 0 Å². The quantitative estimate of drug-likeness (QED) is 0.747. The fourth-order valence-electron chi connectivity index (χ4n) is 1.81. The number of carbonyl (C=O) groups is 2. The van der Waals surface area contributed by atoms with Gasteiger partial charge in [0, 0.05) is 12.2 Å². The lowest BCUT2D eigenvalue weighted by molar-refractivity contribution is -0.121. The number of carbonyl (C=O) groups excluding carboxylic acids is 1. The monoisotopic (exact) mass is 265 g/mol. The number of hydrogen-bond donors (Lipinski definition) is 3. The smallest absolute Gasteiger partial charge is 0.339 e. The lowest BCUT2D eigenvalue weighted by Crippen LogP contribution is -2.38. The van der Waals surface area contributed by atoms with Gasteiger partial charge in [0.2, 0.25) is 5.91 Å². The van der Waals surface area contributed by atoms with E-state index in [1.165, 1.54) is 0 Å². The highest BCUT2D eigenvalue weighted by molar-refractivity contribution is 5.96. The number of nitrogens with zero attached hydrogens (tertiary/aromatic N) is 1. The van der Waals surface area contributed by atoms with Crippen LogP contribution in [0.3, 0.4) is 0 Å². The first-order valence-electron chi connectivity index (χ1n) is 6.12. The van der Waals surface area contributed by atoms with Crippen molar-refractivity contribution in [3.05, 3.63) is 22.9 Å². The first kappa shape index (κ1) is 14.9. The molecule has 1 atom stereocenters. The van der Waals surface area contributed by atoms with Crippen LogP contribution in [0.1, 0.15) is 35.5 Å². The van der Waals surface area contributed by atoms with Gasteiger partial charge in [0.05, 0.1) is 0 Å². The molecule has 0 spiro atoms. The minimum absolute atomic E-state index is 0.0988. The number of amides is 1. The number of hydrogen-bond acceptors (Lipinski definition) is 4. The van der Waals surface area contributed by atoms with Crippen LogP contribution in [-0.4, -0.2) is 34.6 Å². The second-order valence-corrected chi connectivity index (χ2v) is 4.37. The van der Waals surface area contributed by atoms with E-state index in [1.54, 1.807) is 26.8 Å². The molecule has 19 heavy (non-hydrogen) atoms. The van der Waals surface area contributed by atoms with Crippen molar-refractivity contribution >= 4 is 17.7 Å². The van der Waals surface area contributed by atoms with Gasteiger partial charge in [-0.25, -0.2) is 9.78 Å². The number of aromatic nitrogens is 1. The van der Waals surface area contributed by atoms with Crippen molar-refractivity contribution in [2.75, 3.05) is 11.9 Å². The van der Waals surface area contributed by atoms with Gasteiger partial charge in [-0.15, -0.1) is 0 Å². The van der Waals surface area contributed by atoms with Crippen LogP contribution in [0.2, 0.25) is 0 Å². The largest absolute Gasteiger partial charge is 0.478 e. The fraction of sp³-hybridized carbons (Fsp3) is 0.462. The highest BCUT2D eigenvalue weighted by Crippen LogP contribution is 2.19. The number of likely N-dealkylation sites (N-methyl/N-ethyl adjacent to an activating group) is 1. The van der Waals surface area contributed by atoms with Gasteiger partial charge >= 0.3 is 5.97 Å². The number of nitrogens with one attached hydrogen (secondary N) is 2. The first-order chi connectivity index (χ1) is 8.86. The molecule has 0 radical (unpaired) electrons. The van der Waals surface area contributed by atoms with Crippen LogP contribution in [0.5, 0.6) is 0 Å². The number of pyridine rings is 1. The second-order valence-electron chi connectivity index (χ2n) is 4.37. The van der Waals surface area contributed by atoms with Gasteiger partial charge in [-0.2, -0.15) is 0 Å². The molecular weight excluding hydrogens is 246 g/mol. The molecule has 0 aromatic carbocycles. The molecule has 0 bridgehead atoms. The van der Waals surface area contributed by atoms with Crippen LogP contribution in [0.4, 0.5) is 5.82 Å². The molecule has 1 aromatic rings. The number of carboxylic acids is 1. The first-order valence-corrected chi connectivity index (χ1v) is 6.12. The molecule has 1 heterocycles. The Kier molecular flexibility index (Phi) is 4.86. The van der Waals surface area contributed by atoms with Gasteiger partial charge in [-0.1, -0.05) is 0 Å². The molecule has 0 saturated carbocycles. The zero-order chi connectivity index (χ0) is 14.6. The molecular formula is C13H19N3O3. The summed E-state index contributed by atoms with van der Waals surface area (Å²) in [5, 5.41) is 14.7. The maximum absolute atomic E-state index is 11.6. The Labute approximate surface area is 112 Å². The maximum atomic E-state index is 11.6. The van der Waals surface area contributed by atoms with Crippen molar-refractivity contribution in [2.45, 2.75) is 33.7 Å². The van der Waals surface area contributed by atoms with Crippen LogP contribution in [-0.2, 0) is 4.79 Å². The Morgan fingerprint density at radius 3 is 2.58 bits per heavy atom. The SMILES string of the molecule is CCNC(=O)C(C)Nc1nc(C)cc(C)c1C(=O)O. The standard InChI is InChI=1S/C13H19N3O3/c1-5-14-12(17)9(4)16-11-10(13(18)19)7(2)6-8(3)15-11/h6,9H,5H2,1-4H3,(H,14,17)(H,15,16)(H,18,19). The van der Waals surface area contributed by atoms with Crippen LogP contribution in [0.15, 0.2) is 6.07 Å². The Morgan fingerprint density at radius 1 is 1.42 bits per heavy atom. The van der Waals surface area contributed by atoms with E-state index in [1.807, 2.05) is 6.92 Å². The summed E-state index contributed by atoms with van der Waals surface area (Å²) in [5.41, 5.74) is 1.42. The molecule has 0 saturated heterocycles. The fourth-order valence-corrected chi connectivity index (χ4v) is 1.81. The van der Waals surface area contributed by atoms with Crippen molar-refractivity contribution < 1.29 is 14.7 Å². The van der Waals surface area contributed by atoms with Gasteiger partial charge in [-0.05, 0) is 39.3 Å². The maximum Gasteiger partial charge on any atom is 0.339 e. The van der Waals surface area contributed by atoms with Gasteiger partial charge in [0.15, 0.2) is 0 Å². The second kappa shape index (κ2) is 6.17. The number of anilines is 1. The molecule has 1 rings (SSSR count). The molecule has 6 heteroatoms. The summed E-state index contributed by atoms with van der Waals surface area (Å²) < 4.78 is 0. The molecule has 1 unspecified atom stereocenters. The lowest BCUT2D eigenvalue weighted by atomic mass is 10.1. The summed E-state index contributed by atoms with van der Waals surface area (Å²) in [6.07, 6.45) is 0. The van der Waals surface area contributed by atoms with Gasteiger partial charge in [0.1, 0.15) is 17.4 Å². The summed E-state index contributed by atoms with van der Waals surface area (Å²) in [7, 11) is 0. The zero-order valence-electron chi connectivity index (χ0n) is 11.6. The molecule has 0 aliphatic heterocycles. The summed E-state index contributed by atoms with van der Waals surface area (Å²) in [5.74, 6) is -1.03. The molecule has 6 nitrogen and oxygen atoms in total. The number of carboxylic acid groups (broad SMARTS) is 1. The van der Waals surface area contributed by atoms with Crippen LogP contribution < -0.4 is 10.6 Å². The van der Waals surface area contributed by atoms with E-state index in [4.69, 9.17) is 0 Å². The summed E-state index contributed by atoms with van der Waals surface area (Å²) in [6, 6.07) is 1.15. The Bertz CT molecular complexity index is 500. The molecule has 1 aromatic heterocycles. The van der Waals surface area contributed by atoms with Crippen LogP contribution in [0, 0.1) is 13.8 Å². The van der Waals surface area contributed by atoms with E-state index in [2.05, 4.69) is 15.6 Å². The predicted molar refractivity (Wildman–Crippen MR) is 72.4 cm³/mol. The Hall–Kier alpha value is -2.11. The van der Waals surface area contributed by atoms with E-state index in [9.17, 15) is 14.7 Å². The molecule has 3 N–H and O–H groups in total. The average Bonchev–Trinajstić information content (AvgIpc) is 2.27. The minimum Gasteiger partial charge on any atom is -0.478 e. The Balaban J connectivity index is 3.06. The average molecular weight is 265 g/mol. The summed E-state index contributed by atoms with van der Waals surface area (Å²) >= 11 is 0.